The molecule has 5 heteroatoms. The van der Waals surface area contributed by atoms with Gasteiger partial charge in [-0.25, -0.2) is 4.79 Å². The second-order valence-corrected chi connectivity index (χ2v) is 5.55. The van der Waals surface area contributed by atoms with Gasteiger partial charge in [-0.1, -0.05) is 20.8 Å². The third-order valence-electron chi connectivity index (χ3n) is 2.90. The van der Waals surface area contributed by atoms with Crippen molar-refractivity contribution in [2.75, 3.05) is 13.7 Å². The predicted octanol–water partition coefficient (Wildman–Crippen LogP) is 1.89. The van der Waals surface area contributed by atoms with Crippen molar-refractivity contribution in [3.8, 4) is 0 Å². The van der Waals surface area contributed by atoms with Gasteiger partial charge in [-0.2, -0.15) is 0 Å². The van der Waals surface area contributed by atoms with E-state index in [1.54, 1.807) is 17.7 Å². The van der Waals surface area contributed by atoms with Crippen molar-refractivity contribution >= 4 is 12.0 Å². The molecule has 1 aromatic rings. The van der Waals surface area contributed by atoms with Crippen molar-refractivity contribution in [1.82, 2.24) is 4.57 Å². The van der Waals surface area contributed by atoms with Crippen molar-refractivity contribution in [1.29, 1.82) is 0 Å². The summed E-state index contributed by atoms with van der Waals surface area (Å²) in [6.07, 6.45) is 2.29. The van der Waals surface area contributed by atoms with Gasteiger partial charge in [0, 0.05) is 36.4 Å². The maximum atomic E-state index is 12.4. The number of carboxylic acid groups (broad SMARTS) is 1. The molecule has 1 heterocycles. The lowest BCUT2D eigenvalue weighted by molar-refractivity contribution is -0.131. The van der Waals surface area contributed by atoms with Crippen LogP contribution in [0.2, 0.25) is 0 Å². The van der Waals surface area contributed by atoms with Gasteiger partial charge >= 0.3 is 5.97 Å². The molecule has 0 spiro atoms. The highest BCUT2D eigenvalue weighted by atomic mass is 16.5. The zero-order chi connectivity index (χ0) is 15.3. The molecule has 0 fully saturated rings. The molecule has 0 saturated carbocycles. The van der Waals surface area contributed by atoms with Gasteiger partial charge in [0.1, 0.15) is 0 Å². The molecule has 1 rings (SSSR count). The van der Waals surface area contributed by atoms with E-state index in [9.17, 15) is 9.59 Å². The summed E-state index contributed by atoms with van der Waals surface area (Å²) in [7, 11) is 1.58. The van der Waals surface area contributed by atoms with Gasteiger partial charge in [0.25, 0.3) is 5.56 Å². The second-order valence-electron chi connectivity index (χ2n) is 5.55. The maximum absolute atomic E-state index is 12.4. The molecule has 20 heavy (non-hydrogen) atoms. The molecule has 0 amide bonds. The van der Waals surface area contributed by atoms with Crippen LogP contribution in [-0.2, 0) is 21.5 Å². The lowest BCUT2D eigenvalue weighted by atomic mass is 9.90. The maximum Gasteiger partial charge on any atom is 0.328 e. The standard InChI is InChI=1S/C15H21NO4/c1-15(2,3)12-7-5-11(6-8-13(17)18)14(19)16(12)9-10-20-4/h5-8H,9-10H2,1-4H3,(H,17,18)/b8-6+. The van der Waals surface area contributed by atoms with E-state index in [0.717, 1.165) is 11.8 Å². The van der Waals surface area contributed by atoms with E-state index < -0.39 is 5.97 Å². The van der Waals surface area contributed by atoms with Crippen LogP contribution in [-0.4, -0.2) is 29.4 Å². The summed E-state index contributed by atoms with van der Waals surface area (Å²) in [6, 6.07) is 3.52. The first-order valence-corrected chi connectivity index (χ1v) is 6.41. The Kier molecular flexibility index (Phi) is 5.27. The average Bonchev–Trinajstić information content (AvgIpc) is 2.34. The Morgan fingerprint density at radius 2 is 2.05 bits per heavy atom. The zero-order valence-corrected chi connectivity index (χ0v) is 12.3. The topological polar surface area (TPSA) is 68.5 Å². The second kappa shape index (κ2) is 6.52. The quantitative estimate of drug-likeness (QED) is 0.836. The highest BCUT2D eigenvalue weighted by Crippen LogP contribution is 2.21. The van der Waals surface area contributed by atoms with Gasteiger partial charge in [-0.3, -0.25) is 4.79 Å². The van der Waals surface area contributed by atoms with E-state index in [-0.39, 0.29) is 11.0 Å². The molecule has 0 atom stereocenters. The number of methoxy groups -OCH3 is 1. The normalized spacial score (nSPS) is 12.0. The highest BCUT2D eigenvalue weighted by molar-refractivity contribution is 5.85. The molecule has 5 nitrogen and oxygen atoms in total. The molecule has 0 aliphatic heterocycles. The molecular formula is C15H21NO4. The number of aliphatic carboxylic acids is 1. The Balaban J connectivity index is 3.35. The number of carbonyl (C=O) groups is 1. The molecule has 0 radical (unpaired) electrons. The lowest BCUT2D eigenvalue weighted by Crippen LogP contribution is -2.32. The molecule has 0 aliphatic rings. The van der Waals surface area contributed by atoms with Crippen LogP contribution in [0, 0.1) is 0 Å². The first-order valence-electron chi connectivity index (χ1n) is 6.41. The Morgan fingerprint density at radius 1 is 1.40 bits per heavy atom. The van der Waals surface area contributed by atoms with E-state index >= 15 is 0 Å². The van der Waals surface area contributed by atoms with Crippen LogP contribution in [0.1, 0.15) is 32.0 Å². The largest absolute Gasteiger partial charge is 0.478 e. The van der Waals surface area contributed by atoms with Crippen LogP contribution in [0.4, 0.5) is 0 Å². The first kappa shape index (κ1) is 16.2. The number of nitrogens with zero attached hydrogens (tertiary/aromatic N) is 1. The van der Waals surface area contributed by atoms with Gasteiger partial charge in [0.2, 0.25) is 0 Å². The van der Waals surface area contributed by atoms with Crippen molar-refractivity contribution in [2.45, 2.75) is 32.7 Å². The van der Waals surface area contributed by atoms with Crippen LogP contribution in [0.25, 0.3) is 6.08 Å². The number of rotatable bonds is 5. The SMILES string of the molecule is COCCn1c(C(C)(C)C)ccc(/C=C/C(=O)O)c1=O. The summed E-state index contributed by atoms with van der Waals surface area (Å²) in [4.78, 5) is 23.0. The van der Waals surface area contributed by atoms with Crippen LogP contribution in [0.15, 0.2) is 23.0 Å². The molecule has 1 N–H and O–H groups in total. The number of pyridine rings is 1. The fourth-order valence-electron chi connectivity index (χ4n) is 1.94. The third kappa shape index (κ3) is 4.06. The first-order chi connectivity index (χ1) is 9.27. The number of carboxylic acids is 1. The molecule has 0 aliphatic carbocycles. The van der Waals surface area contributed by atoms with E-state index in [1.165, 1.54) is 6.08 Å². The van der Waals surface area contributed by atoms with Crippen molar-refractivity contribution in [3.05, 3.63) is 39.8 Å². The van der Waals surface area contributed by atoms with Crippen molar-refractivity contribution in [2.24, 2.45) is 0 Å². The average molecular weight is 279 g/mol. The molecule has 0 aromatic carbocycles. The smallest absolute Gasteiger partial charge is 0.328 e. The Morgan fingerprint density at radius 3 is 2.55 bits per heavy atom. The lowest BCUT2D eigenvalue weighted by Gasteiger charge is -2.24. The summed E-state index contributed by atoms with van der Waals surface area (Å²) in [5.41, 5.74) is 0.873. The minimum atomic E-state index is -1.08. The molecule has 0 saturated heterocycles. The van der Waals surface area contributed by atoms with Gasteiger partial charge < -0.3 is 14.4 Å². The molecule has 1 aromatic heterocycles. The van der Waals surface area contributed by atoms with E-state index in [4.69, 9.17) is 9.84 Å². The molecule has 110 valence electrons. The minimum Gasteiger partial charge on any atom is -0.478 e. The summed E-state index contributed by atoms with van der Waals surface area (Å²) in [5, 5.41) is 8.64. The monoisotopic (exact) mass is 279 g/mol. The summed E-state index contributed by atoms with van der Waals surface area (Å²) in [5.74, 6) is -1.08. The van der Waals surface area contributed by atoms with E-state index in [2.05, 4.69) is 0 Å². The van der Waals surface area contributed by atoms with E-state index in [0.29, 0.717) is 18.7 Å². The number of hydrogen-bond donors (Lipinski definition) is 1. The van der Waals surface area contributed by atoms with Gasteiger partial charge in [-0.05, 0) is 18.2 Å². The third-order valence-corrected chi connectivity index (χ3v) is 2.90. The predicted molar refractivity (Wildman–Crippen MR) is 77.9 cm³/mol. The number of aromatic nitrogens is 1. The van der Waals surface area contributed by atoms with Gasteiger partial charge in [0.15, 0.2) is 0 Å². The van der Waals surface area contributed by atoms with Crippen molar-refractivity contribution < 1.29 is 14.6 Å². The summed E-state index contributed by atoms with van der Waals surface area (Å²) < 4.78 is 6.68. The van der Waals surface area contributed by atoms with Crippen LogP contribution >= 0.6 is 0 Å². The fraction of sp³-hybridized carbons (Fsp3) is 0.467. The number of ether oxygens (including phenoxy) is 1. The van der Waals surface area contributed by atoms with Crippen LogP contribution in [0.3, 0.4) is 0 Å². The van der Waals surface area contributed by atoms with Gasteiger partial charge in [0.05, 0.1) is 6.61 Å². The Hall–Kier alpha value is -1.88. The van der Waals surface area contributed by atoms with Crippen LogP contribution in [0.5, 0.6) is 0 Å². The minimum absolute atomic E-state index is 0.179. The fourth-order valence-corrected chi connectivity index (χ4v) is 1.94. The number of hydrogen-bond acceptors (Lipinski definition) is 3. The highest BCUT2D eigenvalue weighted by Gasteiger charge is 2.19. The molecule has 0 unspecified atom stereocenters. The summed E-state index contributed by atoms with van der Waals surface area (Å²) >= 11 is 0. The Labute approximate surface area is 118 Å². The summed E-state index contributed by atoms with van der Waals surface area (Å²) in [6.45, 7) is 6.94. The van der Waals surface area contributed by atoms with Crippen LogP contribution < -0.4 is 5.56 Å². The Bertz CT molecular complexity index is 564. The van der Waals surface area contributed by atoms with Gasteiger partial charge in [-0.15, -0.1) is 0 Å². The zero-order valence-electron chi connectivity index (χ0n) is 12.3. The molecular weight excluding hydrogens is 258 g/mol. The molecule has 0 bridgehead atoms. The van der Waals surface area contributed by atoms with E-state index in [1.807, 2.05) is 26.8 Å². The van der Waals surface area contributed by atoms with Crippen molar-refractivity contribution in [3.63, 3.8) is 0 Å².